The molecule has 2 heterocycles. The number of rotatable bonds is 5. The lowest BCUT2D eigenvalue weighted by molar-refractivity contribution is 0.0994. The van der Waals surface area contributed by atoms with Crippen LogP contribution in [0.1, 0.15) is 16.1 Å². The van der Waals surface area contributed by atoms with Crippen molar-refractivity contribution in [2.24, 2.45) is 11.5 Å². The van der Waals surface area contributed by atoms with Crippen molar-refractivity contribution in [2.45, 2.75) is 6.42 Å². The Morgan fingerprint density at radius 1 is 1.23 bits per heavy atom. The Morgan fingerprint density at radius 3 is 2.62 bits per heavy atom. The molecular formula is C17H15F2N5O2. The van der Waals surface area contributed by atoms with E-state index in [1.807, 2.05) is 0 Å². The molecule has 2 aromatic heterocycles. The molecule has 0 fully saturated rings. The quantitative estimate of drug-likeness (QED) is 0.714. The summed E-state index contributed by atoms with van der Waals surface area (Å²) in [5.74, 6) is -2.35. The molecule has 0 aliphatic rings. The standard InChI is InChI=1S/C17H15F2N5O2/c1-26-17-12(19)6-8(7-22-17)13-11(18)3-2-9-10(4-5-20)15(16(21)25)24-23-14(9)13/h2-3,6-7H,4-5,20H2,1H3,(H2,21,25). The van der Waals surface area contributed by atoms with Gasteiger partial charge in [0.05, 0.1) is 7.11 Å². The fraction of sp³-hybridized carbons (Fsp3) is 0.176. The minimum absolute atomic E-state index is 0.0124. The summed E-state index contributed by atoms with van der Waals surface area (Å²) in [6, 6.07) is 3.76. The molecule has 0 radical (unpaired) electrons. The first kappa shape index (κ1) is 17.6. The van der Waals surface area contributed by atoms with Gasteiger partial charge in [-0.2, -0.15) is 0 Å². The minimum Gasteiger partial charge on any atom is -0.479 e. The molecule has 3 rings (SSSR count). The maximum atomic E-state index is 14.5. The van der Waals surface area contributed by atoms with E-state index in [0.29, 0.717) is 17.4 Å². The number of amides is 1. The van der Waals surface area contributed by atoms with Crippen LogP contribution in [0.4, 0.5) is 8.78 Å². The van der Waals surface area contributed by atoms with Gasteiger partial charge in [0.1, 0.15) is 11.3 Å². The van der Waals surface area contributed by atoms with Crippen LogP contribution < -0.4 is 16.2 Å². The van der Waals surface area contributed by atoms with Gasteiger partial charge in [0.2, 0.25) is 5.88 Å². The number of ether oxygens (including phenoxy) is 1. The van der Waals surface area contributed by atoms with Crippen LogP contribution in [0.5, 0.6) is 5.88 Å². The van der Waals surface area contributed by atoms with Crippen LogP contribution in [-0.2, 0) is 6.42 Å². The van der Waals surface area contributed by atoms with E-state index >= 15 is 0 Å². The zero-order valence-corrected chi connectivity index (χ0v) is 13.8. The molecule has 0 atom stereocenters. The number of carbonyl (C=O) groups excluding carboxylic acids is 1. The highest BCUT2D eigenvalue weighted by molar-refractivity contribution is 6.01. The largest absolute Gasteiger partial charge is 0.479 e. The third kappa shape index (κ3) is 2.93. The molecule has 1 aromatic carbocycles. The van der Waals surface area contributed by atoms with E-state index in [4.69, 9.17) is 16.2 Å². The number of benzene rings is 1. The van der Waals surface area contributed by atoms with Gasteiger partial charge >= 0.3 is 0 Å². The average molecular weight is 359 g/mol. The molecule has 0 saturated heterocycles. The van der Waals surface area contributed by atoms with E-state index in [0.717, 1.165) is 6.07 Å². The number of fused-ring (bicyclic) bond motifs is 1. The average Bonchev–Trinajstić information content (AvgIpc) is 2.61. The number of methoxy groups -OCH3 is 1. The van der Waals surface area contributed by atoms with Crippen molar-refractivity contribution in [3.8, 4) is 17.0 Å². The van der Waals surface area contributed by atoms with Crippen molar-refractivity contribution in [2.75, 3.05) is 13.7 Å². The van der Waals surface area contributed by atoms with Crippen LogP contribution in [0.2, 0.25) is 0 Å². The van der Waals surface area contributed by atoms with Crippen molar-refractivity contribution in [3.05, 3.63) is 47.3 Å². The number of carbonyl (C=O) groups is 1. The molecule has 3 aromatic rings. The molecule has 0 bridgehead atoms. The Balaban J connectivity index is 2.32. The molecular weight excluding hydrogens is 344 g/mol. The molecule has 0 saturated carbocycles. The highest BCUT2D eigenvalue weighted by Gasteiger charge is 2.20. The molecule has 0 spiro atoms. The van der Waals surface area contributed by atoms with Crippen molar-refractivity contribution < 1.29 is 18.3 Å². The lowest BCUT2D eigenvalue weighted by Crippen LogP contribution is -2.19. The van der Waals surface area contributed by atoms with E-state index < -0.39 is 17.5 Å². The van der Waals surface area contributed by atoms with Crippen LogP contribution in [-0.4, -0.2) is 34.7 Å². The van der Waals surface area contributed by atoms with Gasteiger partial charge < -0.3 is 16.2 Å². The maximum absolute atomic E-state index is 14.5. The summed E-state index contributed by atoms with van der Waals surface area (Å²) in [7, 11) is 1.28. The number of nitrogens with zero attached hydrogens (tertiary/aromatic N) is 3. The van der Waals surface area contributed by atoms with Crippen molar-refractivity contribution in [1.29, 1.82) is 0 Å². The molecule has 0 aliphatic carbocycles. The molecule has 0 aliphatic heterocycles. The number of pyridine rings is 1. The number of nitrogens with two attached hydrogens (primary N) is 2. The lowest BCUT2D eigenvalue weighted by atomic mass is 9.98. The molecule has 9 heteroatoms. The molecule has 134 valence electrons. The molecule has 1 amide bonds. The molecule has 7 nitrogen and oxygen atoms in total. The lowest BCUT2D eigenvalue weighted by Gasteiger charge is -2.12. The highest BCUT2D eigenvalue weighted by atomic mass is 19.1. The Hall–Kier alpha value is -3.20. The van der Waals surface area contributed by atoms with Gasteiger partial charge in [-0.1, -0.05) is 0 Å². The topological polar surface area (TPSA) is 117 Å². The van der Waals surface area contributed by atoms with E-state index in [-0.39, 0.29) is 34.8 Å². The monoisotopic (exact) mass is 359 g/mol. The Morgan fingerprint density at radius 2 is 2.00 bits per heavy atom. The second-order valence-corrected chi connectivity index (χ2v) is 5.46. The smallest absolute Gasteiger partial charge is 0.269 e. The predicted octanol–water partition coefficient (Wildman–Crippen LogP) is 1.58. The maximum Gasteiger partial charge on any atom is 0.269 e. The number of hydrogen-bond donors (Lipinski definition) is 2. The van der Waals surface area contributed by atoms with Gasteiger partial charge in [0, 0.05) is 22.7 Å². The second-order valence-electron chi connectivity index (χ2n) is 5.46. The number of hydrogen-bond acceptors (Lipinski definition) is 6. The SMILES string of the molecule is COc1ncc(-c2c(F)ccc3c(CCN)c(C(N)=O)nnc23)cc1F. The number of primary amides is 1. The van der Waals surface area contributed by atoms with Crippen molar-refractivity contribution in [1.82, 2.24) is 15.2 Å². The fourth-order valence-electron chi connectivity index (χ4n) is 2.78. The van der Waals surface area contributed by atoms with Crippen LogP contribution >= 0.6 is 0 Å². The minimum atomic E-state index is -0.758. The Kier molecular flexibility index (Phi) is 4.72. The number of halogens is 2. The summed E-state index contributed by atoms with van der Waals surface area (Å²) in [6.45, 7) is 0.229. The van der Waals surface area contributed by atoms with Gasteiger partial charge in [-0.25, -0.2) is 13.8 Å². The van der Waals surface area contributed by atoms with Crippen LogP contribution in [0.15, 0.2) is 24.4 Å². The summed E-state index contributed by atoms with van der Waals surface area (Å²) >= 11 is 0. The summed E-state index contributed by atoms with van der Waals surface area (Å²) in [4.78, 5) is 15.4. The zero-order chi connectivity index (χ0) is 18.8. The van der Waals surface area contributed by atoms with Gasteiger partial charge in [-0.05, 0) is 36.7 Å². The first-order chi connectivity index (χ1) is 12.5. The van der Waals surface area contributed by atoms with Crippen LogP contribution in [0.25, 0.3) is 22.0 Å². The first-order valence-electron chi connectivity index (χ1n) is 7.65. The summed E-state index contributed by atoms with van der Waals surface area (Å²) < 4.78 is 33.3. The third-order valence-electron chi connectivity index (χ3n) is 3.91. The zero-order valence-electron chi connectivity index (χ0n) is 13.8. The van der Waals surface area contributed by atoms with Gasteiger partial charge in [0.15, 0.2) is 11.5 Å². The summed E-state index contributed by atoms with van der Waals surface area (Å²) in [5, 5.41) is 8.23. The molecule has 0 unspecified atom stereocenters. The normalized spacial score (nSPS) is 10.9. The second kappa shape index (κ2) is 6.96. The van der Waals surface area contributed by atoms with Crippen molar-refractivity contribution >= 4 is 16.8 Å². The van der Waals surface area contributed by atoms with Crippen LogP contribution in [0.3, 0.4) is 0 Å². The van der Waals surface area contributed by atoms with Crippen LogP contribution in [0, 0.1) is 11.6 Å². The third-order valence-corrected chi connectivity index (χ3v) is 3.91. The van der Waals surface area contributed by atoms with E-state index in [9.17, 15) is 13.6 Å². The predicted molar refractivity (Wildman–Crippen MR) is 90.5 cm³/mol. The Labute approximate surface area is 147 Å². The highest BCUT2D eigenvalue weighted by Crippen LogP contribution is 2.33. The Bertz CT molecular complexity index is 1010. The number of aromatic nitrogens is 3. The van der Waals surface area contributed by atoms with E-state index in [1.165, 1.54) is 25.4 Å². The molecule has 4 N–H and O–H groups in total. The van der Waals surface area contributed by atoms with E-state index in [1.54, 1.807) is 0 Å². The van der Waals surface area contributed by atoms with Crippen molar-refractivity contribution in [3.63, 3.8) is 0 Å². The van der Waals surface area contributed by atoms with Gasteiger partial charge in [-0.3, -0.25) is 4.79 Å². The van der Waals surface area contributed by atoms with Gasteiger partial charge in [0.25, 0.3) is 5.91 Å². The van der Waals surface area contributed by atoms with E-state index in [2.05, 4.69) is 15.2 Å². The van der Waals surface area contributed by atoms with Gasteiger partial charge in [-0.15, -0.1) is 10.2 Å². The molecule has 26 heavy (non-hydrogen) atoms. The fourth-order valence-corrected chi connectivity index (χ4v) is 2.78. The summed E-state index contributed by atoms with van der Waals surface area (Å²) in [5.41, 5.74) is 11.7. The summed E-state index contributed by atoms with van der Waals surface area (Å²) in [6.07, 6.45) is 1.57. The first-order valence-corrected chi connectivity index (χ1v) is 7.65.